The molecule has 0 atom stereocenters. The van der Waals surface area contributed by atoms with Gasteiger partial charge in [-0.05, 0) is 48.4 Å². The van der Waals surface area contributed by atoms with Crippen LogP contribution in [-0.2, 0) is 6.61 Å². The van der Waals surface area contributed by atoms with Crippen LogP contribution in [-0.4, -0.2) is 23.0 Å². The topological polar surface area (TPSA) is 65.7 Å². The van der Waals surface area contributed by atoms with E-state index in [9.17, 15) is 4.79 Å². The summed E-state index contributed by atoms with van der Waals surface area (Å²) in [6, 6.07) is 22.7. The van der Waals surface area contributed by atoms with Crippen molar-refractivity contribution in [3.63, 3.8) is 0 Å². The fraction of sp³-hybridized carbons (Fsp3) is 0.125. The van der Waals surface area contributed by atoms with Gasteiger partial charge in [-0.15, -0.1) is 0 Å². The van der Waals surface area contributed by atoms with Crippen LogP contribution in [0.25, 0.3) is 10.9 Å². The Bertz CT molecular complexity index is 1260. The summed E-state index contributed by atoms with van der Waals surface area (Å²) in [6.45, 7) is 2.20. The van der Waals surface area contributed by atoms with Gasteiger partial charge in [-0.2, -0.15) is 9.78 Å². The summed E-state index contributed by atoms with van der Waals surface area (Å²) in [6.07, 6.45) is 1.61. The van der Waals surface area contributed by atoms with Crippen LogP contribution in [0.2, 0.25) is 0 Å². The molecule has 150 valence electrons. The first kappa shape index (κ1) is 19.4. The molecule has 0 radical (unpaired) electrons. The first-order valence-corrected chi connectivity index (χ1v) is 9.53. The number of methoxy groups -OCH3 is 1. The Kier molecular flexibility index (Phi) is 5.57. The predicted molar refractivity (Wildman–Crippen MR) is 118 cm³/mol. The summed E-state index contributed by atoms with van der Waals surface area (Å²) in [5.74, 6) is 1.75. The Morgan fingerprint density at radius 1 is 1.00 bits per heavy atom. The molecule has 0 bridgehead atoms. The summed E-state index contributed by atoms with van der Waals surface area (Å²) in [7, 11) is 1.59. The quantitative estimate of drug-likeness (QED) is 0.456. The second kappa shape index (κ2) is 8.61. The third kappa shape index (κ3) is 4.07. The molecule has 6 nitrogen and oxygen atoms in total. The standard InChI is InChI=1S/C24H21N3O3/c1-17-26-21-11-7-6-10-20(21)24(28)27(17)25-15-19-12-13-22(23(14-19)29-2)30-16-18-8-4-3-5-9-18/h3-15H,16H2,1-2H3/b25-15-. The highest BCUT2D eigenvalue weighted by Crippen LogP contribution is 2.28. The summed E-state index contributed by atoms with van der Waals surface area (Å²) in [5, 5.41) is 4.87. The largest absolute Gasteiger partial charge is 0.493 e. The number of benzene rings is 3. The number of aromatic nitrogens is 2. The first-order valence-electron chi connectivity index (χ1n) is 9.53. The van der Waals surface area contributed by atoms with Crippen molar-refractivity contribution in [3.8, 4) is 11.5 Å². The highest BCUT2D eigenvalue weighted by atomic mass is 16.5. The third-order valence-electron chi connectivity index (χ3n) is 4.66. The van der Waals surface area contributed by atoms with Crippen molar-refractivity contribution in [2.75, 3.05) is 7.11 Å². The smallest absolute Gasteiger partial charge is 0.282 e. The van der Waals surface area contributed by atoms with E-state index in [1.165, 1.54) is 4.68 Å². The Labute approximate surface area is 174 Å². The zero-order chi connectivity index (χ0) is 20.9. The minimum atomic E-state index is -0.205. The van der Waals surface area contributed by atoms with Crippen molar-refractivity contribution in [1.82, 2.24) is 9.66 Å². The average Bonchev–Trinajstić information content (AvgIpc) is 2.78. The molecule has 0 unspecified atom stereocenters. The highest BCUT2D eigenvalue weighted by Gasteiger charge is 2.08. The van der Waals surface area contributed by atoms with Crippen molar-refractivity contribution >= 4 is 17.1 Å². The van der Waals surface area contributed by atoms with Gasteiger partial charge in [0.15, 0.2) is 11.5 Å². The molecule has 0 saturated carbocycles. The van der Waals surface area contributed by atoms with Crippen LogP contribution in [0, 0.1) is 6.92 Å². The van der Waals surface area contributed by atoms with Gasteiger partial charge in [0, 0.05) is 0 Å². The zero-order valence-electron chi connectivity index (χ0n) is 16.8. The highest BCUT2D eigenvalue weighted by molar-refractivity contribution is 5.81. The predicted octanol–water partition coefficient (Wildman–Crippen LogP) is 4.17. The van der Waals surface area contributed by atoms with E-state index in [1.807, 2.05) is 66.7 Å². The maximum absolute atomic E-state index is 12.7. The summed E-state index contributed by atoms with van der Waals surface area (Å²) in [5.41, 5.74) is 2.30. The molecule has 0 fully saturated rings. The number of hydrogen-bond acceptors (Lipinski definition) is 5. The number of rotatable bonds is 6. The maximum Gasteiger partial charge on any atom is 0.282 e. The van der Waals surface area contributed by atoms with Crippen LogP contribution in [0.4, 0.5) is 0 Å². The van der Waals surface area contributed by atoms with Gasteiger partial charge in [-0.25, -0.2) is 4.98 Å². The van der Waals surface area contributed by atoms with Crippen LogP contribution in [0.1, 0.15) is 17.0 Å². The first-order chi connectivity index (χ1) is 14.7. The zero-order valence-corrected chi connectivity index (χ0v) is 16.8. The van der Waals surface area contributed by atoms with E-state index in [0.29, 0.717) is 34.8 Å². The average molecular weight is 399 g/mol. The summed E-state index contributed by atoms with van der Waals surface area (Å²) >= 11 is 0. The molecule has 6 heteroatoms. The Morgan fingerprint density at radius 3 is 2.57 bits per heavy atom. The Hall–Kier alpha value is -3.93. The van der Waals surface area contributed by atoms with Gasteiger partial charge in [-0.3, -0.25) is 4.79 Å². The third-order valence-corrected chi connectivity index (χ3v) is 4.66. The number of para-hydroxylation sites is 1. The fourth-order valence-corrected chi connectivity index (χ4v) is 3.11. The van der Waals surface area contributed by atoms with Crippen LogP contribution in [0.3, 0.4) is 0 Å². The van der Waals surface area contributed by atoms with Crippen LogP contribution >= 0.6 is 0 Å². The minimum absolute atomic E-state index is 0.205. The maximum atomic E-state index is 12.7. The van der Waals surface area contributed by atoms with E-state index >= 15 is 0 Å². The van der Waals surface area contributed by atoms with Gasteiger partial charge < -0.3 is 9.47 Å². The molecule has 0 aliphatic rings. The second-order valence-corrected chi connectivity index (χ2v) is 6.72. The van der Waals surface area contributed by atoms with Gasteiger partial charge in [0.1, 0.15) is 12.4 Å². The molecule has 3 aromatic carbocycles. The van der Waals surface area contributed by atoms with Gasteiger partial charge in [0.25, 0.3) is 5.56 Å². The van der Waals surface area contributed by atoms with Crippen molar-refractivity contribution in [1.29, 1.82) is 0 Å². The molecule has 1 heterocycles. The molecular weight excluding hydrogens is 378 g/mol. The number of hydrogen-bond donors (Lipinski definition) is 0. The van der Waals surface area contributed by atoms with Crippen LogP contribution in [0.15, 0.2) is 82.7 Å². The lowest BCUT2D eigenvalue weighted by Crippen LogP contribution is -2.20. The van der Waals surface area contributed by atoms with E-state index in [1.54, 1.807) is 26.3 Å². The molecule has 4 aromatic rings. The summed E-state index contributed by atoms with van der Waals surface area (Å²) < 4.78 is 12.6. The monoisotopic (exact) mass is 399 g/mol. The lowest BCUT2D eigenvalue weighted by atomic mass is 10.2. The van der Waals surface area contributed by atoms with E-state index in [4.69, 9.17) is 9.47 Å². The summed E-state index contributed by atoms with van der Waals surface area (Å²) in [4.78, 5) is 17.2. The van der Waals surface area contributed by atoms with E-state index in [-0.39, 0.29) is 5.56 Å². The van der Waals surface area contributed by atoms with Crippen LogP contribution in [0.5, 0.6) is 11.5 Å². The number of aryl methyl sites for hydroxylation is 1. The second-order valence-electron chi connectivity index (χ2n) is 6.72. The Morgan fingerprint density at radius 2 is 1.77 bits per heavy atom. The van der Waals surface area contributed by atoms with Gasteiger partial charge >= 0.3 is 0 Å². The van der Waals surface area contributed by atoms with Crippen molar-refractivity contribution < 1.29 is 9.47 Å². The molecule has 0 aliphatic heterocycles. The van der Waals surface area contributed by atoms with Crippen LogP contribution < -0.4 is 15.0 Å². The molecule has 0 N–H and O–H groups in total. The molecule has 1 aromatic heterocycles. The van der Waals surface area contributed by atoms with Gasteiger partial charge in [-0.1, -0.05) is 42.5 Å². The molecule has 4 rings (SSSR count). The number of nitrogens with zero attached hydrogens (tertiary/aromatic N) is 3. The Balaban J connectivity index is 1.58. The molecule has 0 saturated heterocycles. The molecule has 0 spiro atoms. The van der Waals surface area contributed by atoms with Crippen molar-refractivity contribution in [2.45, 2.75) is 13.5 Å². The molecule has 0 aliphatic carbocycles. The van der Waals surface area contributed by atoms with Gasteiger partial charge in [0.05, 0.1) is 24.2 Å². The molecule has 30 heavy (non-hydrogen) atoms. The lowest BCUT2D eigenvalue weighted by molar-refractivity contribution is 0.284. The molecular formula is C24H21N3O3. The van der Waals surface area contributed by atoms with E-state index < -0.39 is 0 Å². The van der Waals surface area contributed by atoms with E-state index in [0.717, 1.165) is 11.1 Å². The van der Waals surface area contributed by atoms with Gasteiger partial charge in [0.2, 0.25) is 0 Å². The fourth-order valence-electron chi connectivity index (χ4n) is 3.11. The normalized spacial score (nSPS) is 11.1. The molecule has 0 amide bonds. The minimum Gasteiger partial charge on any atom is -0.493 e. The van der Waals surface area contributed by atoms with Crippen molar-refractivity contribution in [3.05, 3.63) is 100 Å². The van der Waals surface area contributed by atoms with Crippen molar-refractivity contribution in [2.24, 2.45) is 5.10 Å². The number of fused-ring (bicyclic) bond motifs is 1. The lowest BCUT2D eigenvalue weighted by Gasteiger charge is -2.11. The SMILES string of the molecule is COc1cc(/C=N\n2c(C)nc3ccccc3c2=O)ccc1OCc1ccccc1. The number of ether oxygens (including phenoxy) is 2. The van der Waals surface area contributed by atoms with E-state index in [2.05, 4.69) is 10.1 Å².